The molecule has 624 valence electrons. The number of carbonyl (C=O) groups excluding carboxylic acids is 6. The molecule has 3 fully saturated rings. The Morgan fingerprint density at radius 1 is 0.373 bits per heavy atom. The van der Waals surface area contributed by atoms with Crippen molar-refractivity contribution >= 4 is 54.1 Å². The molecule has 3 atom stereocenters. The largest absolute Gasteiger partial charge is 0.478 e. The Labute approximate surface area is 673 Å². The number of para-hydroxylation sites is 3. The number of amides is 3. The summed E-state index contributed by atoms with van der Waals surface area (Å²) in [7, 11) is 2.35. The Balaban J connectivity index is 0.000000187. The number of likely N-dealkylation sites (tertiary alicyclic amines) is 3. The van der Waals surface area contributed by atoms with Crippen LogP contribution < -0.4 is 14.2 Å². The molecule has 12 rings (SSSR count). The molecule has 3 N–H and O–H groups in total. The fraction of sp³-hybridized carbons (Fsp3) is 0.329. The van der Waals surface area contributed by atoms with Crippen LogP contribution in [0.2, 0.25) is 0 Å². The maximum absolute atomic E-state index is 14.1. The van der Waals surface area contributed by atoms with Gasteiger partial charge in [0.05, 0.1) is 44.5 Å². The molecule has 118 heavy (non-hydrogen) atoms. The number of benzene rings is 6. The number of hydrogen-bond acceptors (Lipinski definition) is 18. The molecule has 3 aliphatic heterocycles. The summed E-state index contributed by atoms with van der Waals surface area (Å²) in [5.41, 5.74) is -1.24. The van der Waals surface area contributed by atoms with E-state index in [0.29, 0.717) is 61.2 Å². The minimum Gasteiger partial charge on any atom is -0.478 e. The second-order valence-electron chi connectivity index (χ2n) is 30.3. The number of aromatic carboxylic acids is 3. The lowest BCUT2D eigenvalue weighted by molar-refractivity contribution is 0.0278. The molecule has 0 bridgehead atoms. The smallest absolute Gasteiger partial charge is 0.410 e. The van der Waals surface area contributed by atoms with Gasteiger partial charge in [0, 0.05) is 74.5 Å². The Morgan fingerprint density at radius 3 is 0.890 bits per heavy atom. The quantitative estimate of drug-likeness (QED) is 0.0385. The van der Waals surface area contributed by atoms with Crippen molar-refractivity contribution in [2.24, 2.45) is 0 Å². The van der Waals surface area contributed by atoms with E-state index >= 15 is 0 Å². The fourth-order valence-corrected chi connectivity index (χ4v) is 13.4. The van der Waals surface area contributed by atoms with E-state index in [4.69, 9.17) is 42.6 Å². The van der Waals surface area contributed by atoms with Gasteiger partial charge in [0.25, 0.3) is 0 Å². The molecule has 0 saturated carbocycles. The Kier molecular flexibility index (Phi) is 26.8. The minimum absolute atomic E-state index is 0.00140. The first-order chi connectivity index (χ1) is 55.7. The average molecular weight is 1640 g/mol. The van der Waals surface area contributed by atoms with Crippen molar-refractivity contribution in [3.05, 3.63) is 215 Å². The van der Waals surface area contributed by atoms with Crippen LogP contribution in [-0.4, -0.2) is 175 Å². The van der Waals surface area contributed by atoms with Gasteiger partial charge in [-0.15, -0.1) is 0 Å². The molecule has 9 aromatic rings. The van der Waals surface area contributed by atoms with Crippen molar-refractivity contribution in [2.75, 3.05) is 60.1 Å². The molecule has 0 spiro atoms. The number of esters is 3. The van der Waals surface area contributed by atoms with Crippen LogP contribution >= 0.6 is 0 Å². The first kappa shape index (κ1) is 87.2. The van der Waals surface area contributed by atoms with Crippen molar-refractivity contribution in [1.29, 1.82) is 0 Å². The summed E-state index contributed by atoms with van der Waals surface area (Å²) >= 11 is 0. The zero-order valence-electron chi connectivity index (χ0n) is 66.3. The van der Waals surface area contributed by atoms with Crippen LogP contribution in [0.25, 0.3) is 33.4 Å². The fourth-order valence-electron chi connectivity index (χ4n) is 13.4. The van der Waals surface area contributed by atoms with Crippen LogP contribution in [-0.2, 0) is 28.4 Å². The topological polar surface area (TPSA) is 322 Å². The first-order valence-electron chi connectivity index (χ1n) is 37.1. The van der Waals surface area contributed by atoms with E-state index in [2.05, 4.69) is 0 Å². The molecule has 33 heteroatoms. The second-order valence-corrected chi connectivity index (χ2v) is 30.3. The van der Waals surface area contributed by atoms with Gasteiger partial charge >= 0.3 is 54.1 Å². The molecule has 3 aliphatic rings. The number of carbonyl (C=O) groups is 9. The van der Waals surface area contributed by atoms with E-state index in [1.54, 1.807) is 97.0 Å². The highest BCUT2D eigenvalue weighted by Gasteiger charge is 2.41. The normalized spacial score (nSPS) is 15.2. The SMILES string of the molecule is CC(C)(C)OC(=O)N1CC[C@@H](n2cc(-c3ccc(Oc4c(F)cccc4F)cc3)c(C(=O)O)c2C(=O)O)C1.CCOC(=O)c1c(C(=O)OC)c(-c2ccc(Oc3c(F)cccc3F)cc2)cn1[C@@H]1CCN(C(=O)OC(C)(C)C)C1.COC(=O)c1c(-c2ccc(Oc3c(F)cccc3F)cc2)cn([C@@H]2CCN(C(=O)OC(C)(C)C)C2)c1C(=O)O. The molecule has 6 heterocycles. The summed E-state index contributed by atoms with van der Waals surface area (Å²) in [6.45, 7) is 19.2. The number of carboxylic acids is 3. The molecule has 27 nitrogen and oxygen atoms in total. The maximum Gasteiger partial charge on any atom is 0.410 e. The van der Waals surface area contributed by atoms with E-state index in [0.717, 1.165) is 43.5 Å². The lowest BCUT2D eigenvalue weighted by Crippen LogP contribution is -2.35. The zero-order valence-corrected chi connectivity index (χ0v) is 66.3. The molecule has 0 radical (unpaired) electrons. The van der Waals surface area contributed by atoms with Gasteiger partial charge in [0.1, 0.15) is 62.3 Å². The van der Waals surface area contributed by atoms with Crippen LogP contribution in [0.15, 0.2) is 146 Å². The number of methoxy groups -OCH3 is 2. The van der Waals surface area contributed by atoms with Crippen LogP contribution in [0.1, 0.15) is 169 Å². The standard InChI is InChI=1S/C30H32F2N2O7.C28H28F2N2O7.C27H26F2N2O7/c1-6-39-28(36)25-24(27(35)38-5)21(17-34(25)19-14-15-33(16-19)29(37)41-30(2,3)4)18-10-12-20(13-11-18)40-26-22(31)8-7-9-23(26)32;1-28(2,3)39-27(36)31-13-12-17(14-31)32-15-19(22(26(35)37-4)23(32)25(33)34)16-8-10-18(11-9-16)38-24-20(29)6-5-7-21(24)30;1-27(2,3)38-26(36)30-12-11-16(13-30)31-14-18(21(24(32)33)22(31)25(34)35)15-7-9-17(10-8-15)37-23-19(28)5-4-6-20(23)29/h7-13,17,19H,6,14-16H2,1-5H3;5-11,15,17H,12-14H2,1-4H3,(H,33,34);4-10,14,16H,11-13H2,1-3H3,(H,32,33)(H,34,35)/t19-;17-;16-/m111/s1. The number of ether oxygens (including phenoxy) is 9. The highest BCUT2D eigenvalue weighted by Crippen LogP contribution is 2.42. The number of carboxylic acid groups (broad SMARTS) is 3. The summed E-state index contributed by atoms with van der Waals surface area (Å²) in [6.07, 6.45) is 4.43. The first-order valence-corrected chi connectivity index (χ1v) is 37.1. The van der Waals surface area contributed by atoms with Gasteiger partial charge in [-0.2, -0.15) is 0 Å². The molecule has 3 aromatic heterocycles. The zero-order chi connectivity index (χ0) is 86.2. The predicted molar refractivity (Wildman–Crippen MR) is 413 cm³/mol. The van der Waals surface area contributed by atoms with Crippen molar-refractivity contribution in [3.63, 3.8) is 0 Å². The monoisotopic (exact) mass is 1640 g/mol. The highest BCUT2D eigenvalue weighted by molar-refractivity contribution is 6.09. The van der Waals surface area contributed by atoms with Crippen LogP contribution in [0, 0.1) is 34.9 Å². The van der Waals surface area contributed by atoms with Gasteiger partial charge in [-0.1, -0.05) is 54.6 Å². The van der Waals surface area contributed by atoms with Gasteiger partial charge in [-0.25, -0.2) is 69.5 Å². The Hall–Kier alpha value is -13.2. The van der Waals surface area contributed by atoms with Crippen LogP contribution in [0.3, 0.4) is 0 Å². The lowest BCUT2D eigenvalue weighted by atomic mass is 10.0. The van der Waals surface area contributed by atoms with Crippen molar-refractivity contribution < 1.29 is 127 Å². The van der Waals surface area contributed by atoms with Crippen LogP contribution in [0.4, 0.5) is 40.7 Å². The van der Waals surface area contributed by atoms with E-state index < -0.39 is 146 Å². The van der Waals surface area contributed by atoms with Crippen LogP contribution in [0.5, 0.6) is 34.5 Å². The van der Waals surface area contributed by atoms with Gasteiger partial charge in [0.15, 0.2) is 52.2 Å². The predicted octanol–water partition coefficient (Wildman–Crippen LogP) is 18.1. The van der Waals surface area contributed by atoms with E-state index in [1.807, 2.05) is 0 Å². The van der Waals surface area contributed by atoms with Crippen molar-refractivity contribution in [1.82, 2.24) is 28.4 Å². The molecule has 3 amide bonds. The Bertz CT molecular complexity index is 5210. The lowest BCUT2D eigenvalue weighted by Gasteiger charge is -2.24. The third kappa shape index (κ3) is 20.5. The average Bonchev–Trinajstić information content (AvgIpc) is 1.60. The van der Waals surface area contributed by atoms with Gasteiger partial charge in [0.2, 0.25) is 0 Å². The third-order valence-electron chi connectivity index (χ3n) is 18.5. The second kappa shape index (κ2) is 36.3. The minimum atomic E-state index is -1.44. The molecule has 0 aliphatic carbocycles. The molecular formula is C85H86F6N6O21. The number of halogens is 6. The molecule has 0 unspecified atom stereocenters. The molecule has 3 saturated heterocycles. The van der Waals surface area contributed by atoms with Gasteiger partial charge in [-0.3, -0.25) is 0 Å². The van der Waals surface area contributed by atoms with Crippen molar-refractivity contribution in [2.45, 2.75) is 123 Å². The van der Waals surface area contributed by atoms with Crippen molar-refractivity contribution in [3.8, 4) is 67.9 Å². The third-order valence-corrected chi connectivity index (χ3v) is 18.5. The molecular weight excluding hydrogens is 1550 g/mol. The van der Waals surface area contributed by atoms with E-state index in [1.165, 1.54) is 117 Å². The summed E-state index contributed by atoms with van der Waals surface area (Å²) < 4.78 is 136. The highest BCUT2D eigenvalue weighted by atomic mass is 19.2. The number of aromatic nitrogens is 3. The summed E-state index contributed by atoms with van der Waals surface area (Å²) in [5.74, 6) is -13.0. The van der Waals surface area contributed by atoms with Gasteiger partial charge in [-0.05, 0) is 178 Å². The number of rotatable bonds is 19. The maximum atomic E-state index is 14.1. The number of nitrogens with zero attached hydrogens (tertiary/aromatic N) is 6. The van der Waals surface area contributed by atoms with E-state index in [9.17, 15) is 84.8 Å². The number of hydrogen-bond donors (Lipinski definition) is 3. The Morgan fingerprint density at radius 2 is 0.636 bits per heavy atom. The summed E-state index contributed by atoms with van der Waals surface area (Å²) in [5, 5.41) is 29.9. The van der Waals surface area contributed by atoms with Gasteiger partial charge < -0.3 is 86.4 Å². The molecule has 6 aromatic carbocycles. The summed E-state index contributed by atoms with van der Waals surface area (Å²) in [4.78, 5) is 118. The summed E-state index contributed by atoms with van der Waals surface area (Å²) in [6, 6.07) is 26.6. The van der Waals surface area contributed by atoms with E-state index in [-0.39, 0.29) is 83.2 Å².